The van der Waals surface area contributed by atoms with Crippen LogP contribution in [0, 0.1) is 0 Å². The van der Waals surface area contributed by atoms with Crippen LogP contribution in [0.15, 0.2) is 42.5 Å². The third-order valence-corrected chi connectivity index (χ3v) is 4.70. The fraction of sp³-hybridized carbons (Fsp3) is 0.455. The molecule has 0 amide bonds. The van der Waals surface area contributed by atoms with Gasteiger partial charge in [-0.2, -0.15) is 8.78 Å². The van der Waals surface area contributed by atoms with Gasteiger partial charge in [0, 0.05) is 22.8 Å². The number of nitrogens with one attached hydrogen (secondary N) is 1. The second-order valence-electron chi connectivity index (χ2n) is 6.64. The van der Waals surface area contributed by atoms with Gasteiger partial charge in [0.15, 0.2) is 0 Å². The van der Waals surface area contributed by atoms with Gasteiger partial charge in [0.1, 0.15) is 5.75 Å². The van der Waals surface area contributed by atoms with E-state index in [4.69, 9.17) is 11.6 Å². The molecule has 0 aliphatic rings. The molecular weight excluding hydrogens is 368 g/mol. The Balaban J connectivity index is 1.86. The zero-order chi connectivity index (χ0) is 19.5. The van der Waals surface area contributed by atoms with E-state index in [-0.39, 0.29) is 5.75 Å². The summed E-state index contributed by atoms with van der Waals surface area (Å²) in [6.45, 7) is 0.297. The van der Waals surface area contributed by atoms with E-state index >= 15 is 0 Å². The van der Waals surface area contributed by atoms with Gasteiger partial charge >= 0.3 is 6.61 Å². The molecule has 0 aromatic heterocycles. The summed E-state index contributed by atoms with van der Waals surface area (Å²) < 4.78 is 29.8. The van der Waals surface area contributed by atoms with Crippen LogP contribution in [0.1, 0.15) is 51.9 Å². The van der Waals surface area contributed by atoms with E-state index in [2.05, 4.69) is 17.0 Å². The molecule has 2 rings (SSSR count). The molecule has 0 aliphatic heterocycles. The Morgan fingerprint density at radius 1 is 0.926 bits per heavy atom. The predicted molar refractivity (Wildman–Crippen MR) is 110 cm³/mol. The molecule has 0 aliphatic carbocycles. The highest BCUT2D eigenvalue weighted by Crippen LogP contribution is 2.34. The van der Waals surface area contributed by atoms with Gasteiger partial charge in [-0.3, -0.25) is 0 Å². The number of unbranched alkanes of at least 4 members (excludes halogenated alkanes) is 6. The molecule has 0 saturated carbocycles. The number of hydrogen-bond donors (Lipinski definition) is 1. The molecule has 0 heterocycles. The smallest absolute Gasteiger partial charge is 0.387 e. The predicted octanol–water partition coefficient (Wildman–Crippen LogP) is 7.77. The number of alkyl halides is 2. The van der Waals surface area contributed by atoms with Crippen molar-refractivity contribution in [3.05, 3.63) is 47.5 Å². The molecule has 2 aromatic carbocycles. The molecule has 2 aromatic rings. The highest BCUT2D eigenvalue weighted by atomic mass is 35.5. The summed E-state index contributed by atoms with van der Waals surface area (Å²) in [4.78, 5) is 0. The van der Waals surface area contributed by atoms with E-state index in [0.717, 1.165) is 24.2 Å². The first-order valence-corrected chi connectivity index (χ1v) is 10.1. The van der Waals surface area contributed by atoms with Gasteiger partial charge < -0.3 is 10.1 Å². The average molecular weight is 396 g/mol. The summed E-state index contributed by atoms with van der Waals surface area (Å²) in [7, 11) is 0. The summed E-state index contributed by atoms with van der Waals surface area (Å²) in [6, 6.07) is 12.3. The van der Waals surface area contributed by atoms with Crippen LogP contribution in [-0.4, -0.2) is 13.2 Å². The van der Waals surface area contributed by atoms with Gasteiger partial charge in [0.25, 0.3) is 0 Å². The van der Waals surface area contributed by atoms with Crippen molar-refractivity contribution in [3.8, 4) is 16.9 Å². The maximum atomic E-state index is 12.6. The Morgan fingerprint density at radius 3 is 2.26 bits per heavy atom. The monoisotopic (exact) mass is 395 g/mol. The zero-order valence-electron chi connectivity index (χ0n) is 15.8. The van der Waals surface area contributed by atoms with Crippen LogP contribution < -0.4 is 10.1 Å². The average Bonchev–Trinajstić information content (AvgIpc) is 2.65. The van der Waals surface area contributed by atoms with E-state index in [1.165, 1.54) is 44.6 Å². The molecule has 0 unspecified atom stereocenters. The summed E-state index contributed by atoms with van der Waals surface area (Å²) >= 11 is 6.02. The van der Waals surface area contributed by atoms with Crippen LogP contribution in [0.4, 0.5) is 14.5 Å². The van der Waals surface area contributed by atoms with Gasteiger partial charge in [-0.25, -0.2) is 0 Å². The molecule has 5 heteroatoms. The van der Waals surface area contributed by atoms with Crippen molar-refractivity contribution in [1.82, 2.24) is 0 Å². The molecular formula is C22H28ClF2NO. The fourth-order valence-corrected chi connectivity index (χ4v) is 3.18. The molecule has 0 radical (unpaired) electrons. The summed E-state index contributed by atoms with van der Waals surface area (Å²) in [6.07, 6.45) is 8.96. The normalized spacial score (nSPS) is 11.0. The molecule has 0 saturated heterocycles. The lowest BCUT2D eigenvalue weighted by molar-refractivity contribution is -0.0494. The lowest BCUT2D eigenvalue weighted by Gasteiger charge is -2.12. The Bertz CT molecular complexity index is 677. The minimum atomic E-state index is -2.87. The molecule has 0 atom stereocenters. The quantitative estimate of drug-likeness (QED) is 0.370. The van der Waals surface area contributed by atoms with Crippen LogP contribution in [0.2, 0.25) is 5.02 Å². The molecule has 2 nitrogen and oxygen atoms in total. The zero-order valence-corrected chi connectivity index (χ0v) is 16.6. The largest absolute Gasteiger partial charge is 0.434 e. The Hall–Kier alpha value is -1.81. The second kappa shape index (κ2) is 11.8. The van der Waals surface area contributed by atoms with Crippen LogP contribution in [0.25, 0.3) is 11.1 Å². The lowest BCUT2D eigenvalue weighted by atomic mass is 10.0. The van der Waals surface area contributed by atoms with Crippen molar-refractivity contribution in [3.63, 3.8) is 0 Å². The van der Waals surface area contributed by atoms with Gasteiger partial charge in [0.05, 0.1) is 0 Å². The van der Waals surface area contributed by atoms with E-state index in [1.807, 2.05) is 24.3 Å². The van der Waals surface area contributed by atoms with Gasteiger partial charge in [0.2, 0.25) is 0 Å². The summed E-state index contributed by atoms with van der Waals surface area (Å²) in [5.41, 5.74) is 2.36. The molecule has 27 heavy (non-hydrogen) atoms. The SMILES string of the molecule is CCCCCCCCCNc1ccc(-c2cc(Cl)ccc2OC(F)F)cc1. The Kier molecular flexibility index (Phi) is 9.40. The van der Waals surface area contributed by atoms with Crippen molar-refractivity contribution in [2.75, 3.05) is 11.9 Å². The van der Waals surface area contributed by atoms with Crippen molar-refractivity contribution >= 4 is 17.3 Å². The highest BCUT2D eigenvalue weighted by Gasteiger charge is 2.12. The van der Waals surface area contributed by atoms with Crippen molar-refractivity contribution in [2.45, 2.75) is 58.5 Å². The summed E-state index contributed by atoms with van der Waals surface area (Å²) in [5.74, 6) is 0.123. The van der Waals surface area contributed by atoms with E-state index < -0.39 is 6.61 Å². The van der Waals surface area contributed by atoms with E-state index in [1.54, 1.807) is 12.1 Å². The topological polar surface area (TPSA) is 21.3 Å². The minimum absolute atomic E-state index is 0.123. The van der Waals surface area contributed by atoms with E-state index in [9.17, 15) is 8.78 Å². The van der Waals surface area contributed by atoms with Gasteiger partial charge in [-0.15, -0.1) is 0 Å². The number of rotatable bonds is 12. The first-order chi connectivity index (χ1) is 13.1. The van der Waals surface area contributed by atoms with Crippen LogP contribution in [0.5, 0.6) is 5.75 Å². The van der Waals surface area contributed by atoms with E-state index in [0.29, 0.717) is 10.6 Å². The molecule has 0 bridgehead atoms. The maximum absolute atomic E-state index is 12.6. The minimum Gasteiger partial charge on any atom is -0.434 e. The first-order valence-electron chi connectivity index (χ1n) is 9.69. The molecule has 1 N–H and O–H groups in total. The Morgan fingerprint density at radius 2 is 1.59 bits per heavy atom. The highest BCUT2D eigenvalue weighted by molar-refractivity contribution is 6.31. The number of hydrogen-bond acceptors (Lipinski definition) is 2. The maximum Gasteiger partial charge on any atom is 0.387 e. The number of halogens is 3. The molecule has 0 spiro atoms. The van der Waals surface area contributed by atoms with Crippen molar-refractivity contribution < 1.29 is 13.5 Å². The molecule has 0 fully saturated rings. The van der Waals surface area contributed by atoms with Crippen molar-refractivity contribution in [1.29, 1.82) is 0 Å². The second-order valence-corrected chi connectivity index (χ2v) is 7.08. The van der Waals surface area contributed by atoms with Crippen molar-refractivity contribution in [2.24, 2.45) is 0 Å². The number of anilines is 1. The van der Waals surface area contributed by atoms with Gasteiger partial charge in [-0.05, 0) is 42.3 Å². The standard InChI is InChI=1S/C22H28ClF2NO/c1-2-3-4-5-6-7-8-15-26-19-12-9-17(10-13-19)20-16-18(23)11-14-21(20)27-22(24)25/h9-14,16,22,26H,2-8,15H2,1H3. The third-order valence-electron chi connectivity index (χ3n) is 4.46. The Labute approximate surface area is 165 Å². The third kappa shape index (κ3) is 7.76. The van der Waals surface area contributed by atoms with Crippen LogP contribution >= 0.6 is 11.6 Å². The fourth-order valence-electron chi connectivity index (χ4n) is 3.01. The number of benzene rings is 2. The van der Waals surface area contributed by atoms with Crippen LogP contribution in [0.3, 0.4) is 0 Å². The molecule has 148 valence electrons. The number of ether oxygens (including phenoxy) is 1. The van der Waals surface area contributed by atoms with Crippen LogP contribution in [-0.2, 0) is 0 Å². The van der Waals surface area contributed by atoms with Gasteiger partial charge in [-0.1, -0.05) is 69.2 Å². The summed E-state index contributed by atoms with van der Waals surface area (Å²) in [5, 5.41) is 3.89. The first kappa shape index (κ1) is 21.5. The lowest BCUT2D eigenvalue weighted by Crippen LogP contribution is -2.03.